The lowest BCUT2D eigenvalue weighted by Gasteiger charge is -2.13. The number of pyridine rings is 2. The molecule has 0 bridgehead atoms. The monoisotopic (exact) mass is 327 g/mol. The van der Waals surface area contributed by atoms with Crippen molar-refractivity contribution in [1.82, 2.24) is 14.0 Å². The molecule has 1 N–H and O–H groups in total. The van der Waals surface area contributed by atoms with Crippen LogP contribution in [-0.4, -0.2) is 14.0 Å². The zero-order valence-electron chi connectivity index (χ0n) is 13.4. The highest BCUT2D eigenvalue weighted by Crippen LogP contribution is 2.16. The largest absolute Gasteiger partial charge is 0.283 e. The third kappa shape index (κ3) is 2.14. The Morgan fingerprint density at radius 2 is 1.88 bits per heavy atom. The molecule has 120 valence electrons. The molecule has 0 spiro atoms. The summed E-state index contributed by atoms with van der Waals surface area (Å²) in [5.41, 5.74) is 2.32. The van der Waals surface area contributed by atoms with Crippen molar-refractivity contribution < 1.29 is 0 Å². The first-order valence-corrected chi connectivity index (χ1v) is 7.69. The van der Waals surface area contributed by atoms with Crippen LogP contribution in [0.25, 0.3) is 22.4 Å². The van der Waals surface area contributed by atoms with Gasteiger partial charge in [-0.05, 0) is 36.8 Å². The minimum atomic E-state index is -0.259. The molecule has 6 nitrogen and oxygen atoms in total. The van der Waals surface area contributed by atoms with Crippen LogP contribution in [0, 0.1) is 23.7 Å². The summed E-state index contributed by atoms with van der Waals surface area (Å²) in [6, 6.07) is 16.3. The Bertz CT molecular complexity index is 1290. The van der Waals surface area contributed by atoms with Crippen LogP contribution in [0.1, 0.15) is 11.1 Å². The minimum absolute atomic E-state index is 0.00559. The maximum Gasteiger partial charge on any atom is 0.267 e. The van der Waals surface area contributed by atoms with E-state index in [1.54, 1.807) is 16.8 Å². The Balaban J connectivity index is 2.32. The molecule has 0 amide bonds. The van der Waals surface area contributed by atoms with E-state index in [4.69, 9.17) is 5.41 Å². The number of nitrogens with one attached hydrogen (secondary N) is 1. The normalized spacial score (nSPS) is 10.9. The maximum absolute atomic E-state index is 12.9. The molecule has 0 fully saturated rings. The van der Waals surface area contributed by atoms with E-state index in [0.29, 0.717) is 22.4 Å². The number of nitrogens with zero attached hydrogens (tertiary/aromatic N) is 4. The highest BCUT2D eigenvalue weighted by Gasteiger charge is 2.15. The van der Waals surface area contributed by atoms with Gasteiger partial charge in [0.1, 0.15) is 17.2 Å². The van der Waals surface area contributed by atoms with Crippen molar-refractivity contribution in [2.24, 2.45) is 0 Å². The highest BCUT2D eigenvalue weighted by atomic mass is 16.1. The molecule has 0 aliphatic heterocycles. The van der Waals surface area contributed by atoms with Crippen molar-refractivity contribution in [3.63, 3.8) is 0 Å². The number of aromatic nitrogens is 3. The van der Waals surface area contributed by atoms with E-state index < -0.39 is 0 Å². The Morgan fingerprint density at radius 3 is 2.60 bits per heavy atom. The standard InChI is InChI=1S/C19H13N5O/c1-12-6-5-9-23-17(12)22-18-15(19(23)25)10-13(11-20)16(21)24(18)14-7-3-2-4-8-14/h2-10,21H,1H3. The zero-order chi connectivity index (χ0) is 17.6. The van der Waals surface area contributed by atoms with Gasteiger partial charge in [0.05, 0.1) is 10.9 Å². The summed E-state index contributed by atoms with van der Waals surface area (Å²) >= 11 is 0. The summed E-state index contributed by atoms with van der Waals surface area (Å²) in [6.07, 6.45) is 1.66. The Kier molecular flexibility index (Phi) is 3.22. The van der Waals surface area contributed by atoms with Gasteiger partial charge in [-0.2, -0.15) is 5.26 Å². The molecule has 0 radical (unpaired) electrons. The first-order chi connectivity index (χ1) is 12.1. The second-order valence-corrected chi connectivity index (χ2v) is 5.73. The predicted octanol–water partition coefficient (Wildman–Crippen LogP) is 2.30. The molecule has 1 aromatic carbocycles. The van der Waals surface area contributed by atoms with Crippen molar-refractivity contribution in [3.8, 4) is 11.8 Å². The number of hydrogen-bond donors (Lipinski definition) is 1. The lowest BCUT2D eigenvalue weighted by atomic mass is 10.2. The van der Waals surface area contributed by atoms with Crippen molar-refractivity contribution in [2.45, 2.75) is 6.92 Å². The second kappa shape index (κ2) is 5.42. The molecule has 3 heterocycles. The summed E-state index contributed by atoms with van der Waals surface area (Å²) in [5, 5.41) is 18.1. The van der Waals surface area contributed by atoms with Crippen LogP contribution in [0.3, 0.4) is 0 Å². The van der Waals surface area contributed by atoms with Gasteiger partial charge in [0.15, 0.2) is 5.65 Å². The van der Waals surface area contributed by atoms with Gasteiger partial charge in [0.2, 0.25) is 0 Å². The first kappa shape index (κ1) is 14.8. The third-order valence-corrected chi connectivity index (χ3v) is 4.18. The molecular weight excluding hydrogens is 314 g/mol. The predicted molar refractivity (Wildman–Crippen MR) is 93.6 cm³/mol. The molecule has 6 heteroatoms. The van der Waals surface area contributed by atoms with Crippen molar-refractivity contribution in [1.29, 1.82) is 10.7 Å². The maximum atomic E-state index is 12.9. The van der Waals surface area contributed by atoms with Gasteiger partial charge in [-0.3, -0.25) is 19.2 Å². The quantitative estimate of drug-likeness (QED) is 0.544. The van der Waals surface area contributed by atoms with Gasteiger partial charge in [-0.15, -0.1) is 0 Å². The van der Waals surface area contributed by atoms with Gasteiger partial charge >= 0.3 is 0 Å². The fourth-order valence-corrected chi connectivity index (χ4v) is 2.95. The third-order valence-electron chi connectivity index (χ3n) is 4.18. The van der Waals surface area contributed by atoms with Crippen LogP contribution >= 0.6 is 0 Å². The summed E-state index contributed by atoms with van der Waals surface area (Å²) in [5.74, 6) is 0. The fraction of sp³-hybridized carbons (Fsp3) is 0.0526. The number of benzene rings is 1. The van der Waals surface area contributed by atoms with Crippen molar-refractivity contribution in [2.75, 3.05) is 0 Å². The zero-order valence-corrected chi connectivity index (χ0v) is 13.4. The summed E-state index contributed by atoms with van der Waals surface area (Å²) in [4.78, 5) is 17.6. The molecule has 0 unspecified atom stereocenters. The molecule has 4 rings (SSSR count). The summed E-state index contributed by atoms with van der Waals surface area (Å²) < 4.78 is 3.01. The molecule has 0 atom stereocenters. The second-order valence-electron chi connectivity index (χ2n) is 5.73. The van der Waals surface area contributed by atoms with E-state index in [1.807, 2.05) is 49.4 Å². The number of hydrogen-bond acceptors (Lipinski definition) is 4. The van der Waals surface area contributed by atoms with E-state index >= 15 is 0 Å². The van der Waals surface area contributed by atoms with Crippen LogP contribution in [0.15, 0.2) is 59.5 Å². The Morgan fingerprint density at radius 1 is 1.12 bits per heavy atom. The van der Waals surface area contributed by atoms with E-state index in [-0.39, 0.29) is 16.6 Å². The van der Waals surface area contributed by atoms with Crippen LogP contribution in [0.2, 0.25) is 0 Å². The molecule has 0 aliphatic carbocycles. The molecule has 3 aromatic heterocycles. The SMILES string of the molecule is Cc1cccn2c(=O)c3cc(C#N)c(=N)n(-c4ccccc4)c3nc12. The van der Waals surface area contributed by atoms with Gasteiger partial charge in [0, 0.05) is 11.9 Å². The number of nitriles is 1. The average Bonchev–Trinajstić information content (AvgIpc) is 2.63. The van der Waals surface area contributed by atoms with Crippen molar-refractivity contribution >= 4 is 16.7 Å². The number of aryl methyl sites for hydroxylation is 1. The Labute approximate surface area is 142 Å². The van der Waals surface area contributed by atoms with Crippen LogP contribution in [-0.2, 0) is 0 Å². The molecule has 0 aliphatic rings. The fourth-order valence-electron chi connectivity index (χ4n) is 2.95. The van der Waals surface area contributed by atoms with Gasteiger partial charge < -0.3 is 0 Å². The molecule has 0 saturated carbocycles. The van der Waals surface area contributed by atoms with Crippen LogP contribution in [0.4, 0.5) is 0 Å². The van der Waals surface area contributed by atoms with E-state index in [0.717, 1.165) is 5.56 Å². The van der Waals surface area contributed by atoms with Gasteiger partial charge in [-0.1, -0.05) is 24.3 Å². The number of rotatable bonds is 1. The molecular formula is C19H13N5O. The van der Waals surface area contributed by atoms with Crippen LogP contribution < -0.4 is 11.0 Å². The lowest BCUT2D eigenvalue weighted by Crippen LogP contribution is -2.26. The summed E-state index contributed by atoms with van der Waals surface area (Å²) in [6.45, 7) is 1.88. The van der Waals surface area contributed by atoms with E-state index in [2.05, 4.69) is 4.98 Å². The number of fused-ring (bicyclic) bond motifs is 2. The average molecular weight is 327 g/mol. The minimum Gasteiger partial charge on any atom is -0.283 e. The highest BCUT2D eigenvalue weighted by molar-refractivity contribution is 5.79. The molecule has 0 saturated heterocycles. The number of para-hydroxylation sites is 1. The van der Waals surface area contributed by atoms with Crippen molar-refractivity contribution in [3.05, 3.63) is 81.7 Å². The molecule has 4 aromatic rings. The topological polar surface area (TPSA) is 86.9 Å². The van der Waals surface area contributed by atoms with E-state index in [1.165, 1.54) is 10.5 Å². The van der Waals surface area contributed by atoms with E-state index in [9.17, 15) is 10.1 Å². The Hall–Kier alpha value is -3.72. The molecule has 25 heavy (non-hydrogen) atoms. The lowest BCUT2D eigenvalue weighted by molar-refractivity contribution is 0.928. The smallest absolute Gasteiger partial charge is 0.267 e. The summed E-state index contributed by atoms with van der Waals surface area (Å²) in [7, 11) is 0. The van der Waals surface area contributed by atoms with Crippen LogP contribution in [0.5, 0.6) is 0 Å². The first-order valence-electron chi connectivity index (χ1n) is 7.69. The van der Waals surface area contributed by atoms with Gasteiger partial charge in [-0.25, -0.2) is 4.98 Å². The van der Waals surface area contributed by atoms with Gasteiger partial charge in [0.25, 0.3) is 5.56 Å².